The summed E-state index contributed by atoms with van der Waals surface area (Å²) in [5.41, 5.74) is 1.12. The minimum atomic E-state index is 0.333. The molecule has 0 atom stereocenters. The van der Waals surface area contributed by atoms with Crippen molar-refractivity contribution in [3.63, 3.8) is 0 Å². The Kier molecular flexibility index (Phi) is 4.29. The van der Waals surface area contributed by atoms with Gasteiger partial charge in [-0.1, -0.05) is 0 Å². The first kappa shape index (κ1) is 13.0. The predicted molar refractivity (Wildman–Crippen MR) is 78.8 cm³/mol. The molecule has 0 amide bonds. The summed E-state index contributed by atoms with van der Waals surface area (Å²) in [4.78, 5) is 2.07. The molecule has 2 aromatic carbocycles. The van der Waals surface area contributed by atoms with Crippen LogP contribution >= 0.6 is 0 Å². The van der Waals surface area contributed by atoms with E-state index in [1.165, 1.54) is 8.92 Å². The van der Waals surface area contributed by atoms with Gasteiger partial charge < -0.3 is 0 Å². The van der Waals surface area contributed by atoms with Crippen LogP contribution in [0, 0.1) is 0 Å². The van der Waals surface area contributed by atoms with Crippen molar-refractivity contribution in [1.82, 2.24) is 0 Å². The predicted octanol–water partition coefficient (Wildman–Crippen LogP) is 1.42. The molecule has 18 heavy (non-hydrogen) atoms. The van der Waals surface area contributed by atoms with E-state index in [0.717, 1.165) is 11.4 Å². The Labute approximate surface area is 115 Å². The van der Waals surface area contributed by atoms with Gasteiger partial charge >= 0.3 is 115 Å². The third-order valence-corrected chi connectivity index (χ3v) is 4.70. The summed E-state index contributed by atoms with van der Waals surface area (Å²) in [5, 5.41) is 0. The van der Waals surface area contributed by atoms with Crippen molar-refractivity contribution in [3.8, 4) is 5.75 Å². The van der Waals surface area contributed by atoms with E-state index in [-0.39, 0.29) is 0 Å². The van der Waals surface area contributed by atoms with Crippen molar-refractivity contribution in [3.05, 3.63) is 48.5 Å². The summed E-state index contributed by atoms with van der Waals surface area (Å²) >= 11 is 0.333. The topological polar surface area (TPSA) is 12.5 Å². The van der Waals surface area contributed by atoms with Crippen LogP contribution in [0.3, 0.4) is 0 Å². The Bertz CT molecular complexity index is 511. The number of rotatable bonds is 4. The van der Waals surface area contributed by atoms with E-state index in [2.05, 4.69) is 53.4 Å². The van der Waals surface area contributed by atoms with Gasteiger partial charge in [0.15, 0.2) is 0 Å². The van der Waals surface area contributed by atoms with Crippen LogP contribution in [0.1, 0.15) is 0 Å². The van der Waals surface area contributed by atoms with E-state index >= 15 is 0 Å². The summed E-state index contributed by atoms with van der Waals surface area (Å²) in [5.74, 6) is 0.940. The van der Waals surface area contributed by atoms with E-state index in [4.69, 9.17) is 4.74 Å². The molecule has 0 aromatic heterocycles. The van der Waals surface area contributed by atoms with Crippen LogP contribution in [0.2, 0.25) is 0 Å². The number of hydrogen-bond donors (Lipinski definition) is 0. The fourth-order valence-electron chi connectivity index (χ4n) is 1.72. The van der Waals surface area contributed by atoms with E-state index in [1.54, 1.807) is 7.11 Å². The maximum absolute atomic E-state index is 5.45. The monoisotopic (exact) mass is 307 g/mol. The molecular weight excluding hydrogens is 289 g/mol. The van der Waals surface area contributed by atoms with Crippen molar-refractivity contribution in [2.45, 2.75) is 0 Å². The Morgan fingerprint density at radius 3 is 2.28 bits per heavy atom. The van der Waals surface area contributed by atoms with Crippen LogP contribution in [0.15, 0.2) is 48.5 Å². The quantitative estimate of drug-likeness (QED) is 0.792. The van der Waals surface area contributed by atoms with Crippen molar-refractivity contribution in [2.24, 2.45) is 0 Å². The second-order valence-corrected chi connectivity index (χ2v) is 6.55. The van der Waals surface area contributed by atoms with Crippen LogP contribution in [0.25, 0.3) is 0 Å². The Morgan fingerprint density at radius 1 is 0.944 bits per heavy atom. The SMILES string of the molecule is COc1cc([Se]c2ccccc2)ccc1N(C)C. The van der Waals surface area contributed by atoms with Crippen molar-refractivity contribution < 1.29 is 4.74 Å². The molecule has 0 N–H and O–H groups in total. The summed E-state index contributed by atoms with van der Waals surface area (Å²) in [6.07, 6.45) is 0. The first-order chi connectivity index (χ1) is 8.70. The van der Waals surface area contributed by atoms with Gasteiger partial charge in [0.2, 0.25) is 0 Å². The van der Waals surface area contributed by atoms with Gasteiger partial charge in [-0.05, 0) is 0 Å². The minimum absolute atomic E-state index is 0.333. The molecular formula is C15H17NOSe. The summed E-state index contributed by atoms with van der Waals surface area (Å²) in [6, 6.07) is 17.0. The van der Waals surface area contributed by atoms with Gasteiger partial charge in [-0.25, -0.2) is 0 Å². The molecule has 0 bridgehead atoms. The molecule has 0 aliphatic carbocycles. The third kappa shape index (κ3) is 3.06. The molecule has 2 rings (SSSR count). The average molecular weight is 306 g/mol. The van der Waals surface area contributed by atoms with Crippen LogP contribution in [0.4, 0.5) is 5.69 Å². The number of benzene rings is 2. The summed E-state index contributed by atoms with van der Waals surface area (Å²) in [6.45, 7) is 0. The van der Waals surface area contributed by atoms with Gasteiger partial charge in [-0.2, -0.15) is 0 Å². The van der Waals surface area contributed by atoms with Crippen LogP contribution in [0.5, 0.6) is 5.75 Å². The number of anilines is 1. The molecule has 0 radical (unpaired) electrons. The third-order valence-electron chi connectivity index (χ3n) is 2.61. The summed E-state index contributed by atoms with van der Waals surface area (Å²) in [7, 11) is 5.78. The molecule has 0 saturated carbocycles. The molecule has 0 fully saturated rings. The number of nitrogens with zero attached hydrogens (tertiary/aromatic N) is 1. The molecule has 0 unspecified atom stereocenters. The van der Waals surface area contributed by atoms with Gasteiger partial charge in [0, 0.05) is 0 Å². The zero-order valence-electron chi connectivity index (χ0n) is 10.9. The van der Waals surface area contributed by atoms with Crippen molar-refractivity contribution in [2.75, 3.05) is 26.1 Å². The molecule has 2 nitrogen and oxygen atoms in total. The molecule has 0 aliphatic rings. The van der Waals surface area contributed by atoms with E-state index < -0.39 is 0 Å². The van der Waals surface area contributed by atoms with Gasteiger partial charge in [-0.15, -0.1) is 0 Å². The fraction of sp³-hybridized carbons (Fsp3) is 0.200. The number of methoxy groups -OCH3 is 1. The summed E-state index contributed by atoms with van der Waals surface area (Å²) < 4.78 is 8.16. The Morgan fingerprint density at radius 2 is 1.67 bits per heavy atom. The maximum atomic E-state index is 5.45. The zero-order valence-corrected chi connectivity index (χ0v) is 12.6. The molecule has 0 heterocycles. The molecule has 0 saturated heterocycles. The number of hydrogen-bond acceptors (Lipinski definition) is 2. The Balaban J connectivity index is 2.25. The first-order valence-corrected chi connectivity index (χ1v) is 7.50. The molecule has 0 aliphatic heterocycles. The molecule has 2 aromatic rings. The van der Waals surface area contributed by atoms with Crippen LogP contribution < -0.4 is 18.6 Å². The van der Waals surface area contributed by atoms with Crippen LogP contribution in [-0.2, 0) is 0 Å². The second kappa shape index (κ2) is 5.94. The Hall–Kier alpha value is -1.44. The van der Waals surface area contributed by atoms with Gasteiger partial charge in [0.05, 0.1) is 0 Å². The van der Waals surface area contributed by atoms with Gasteiger partial charge in [0.1, 0.15) is 0 Å². The van der Waals surface area contributed by atoms with E-state index in [0.29, 0.717) is 15.0 Å². The van der Waals surface area contributed by atoms with Crippen LogP contribution in [-0.4, -0.2) is 36.2 Å². The fourth-order valence-corrected chi connectivity index (χ4v) is 3.54. The molecule has 94 valence electrons. The van der Waals surface area contributed by atoms with E-state index in [1.807, 2.05) is 14.1 Å². The zero-order chi connectivity index (χ0) is 13.0. The normalized spacial score (nSPS) is 10.2. The van der Waals surface area contributed by atoms with E-state index in [9.17, 15) is 0 Å². The molecule has 0 spiro atoms. The van der Waals surface area contributed by atoms with Crippen molar-refractivity contribution >= 4 is 29.6 Å². The van der Waals surface area contributed by atoms with Gasteiger partial charge in [0.25, 0.3) is 0 Å². The van der Waals surface area contributed by atoms with Crippen molar-refractivity contribution in [1.29, 1.82) is 0 Å². The molecule has 3 heteroatoms. The van der Waals surface area contributed by atoms with Gasteiger partial charge in [-0.3, -0.25) is 0 Å². The second-order valence-electron chi connectivity index (χ2n) is 4.14. The average Bonchev–Trinajstić information content (AvgIpc) is 2.39. The standard InChI is InChI=1S/C15H17NOSe/c1-16(2)14-10-9-13(11-15(14)17-3)18-12-7-5-4-6-8-12/h4-11H,1-3H3. The first-order valence-electron chi connectivity index (χ1n) is 5.79. The number of ether oxygens (including phenoxy) is 1.